The van der Waals surface area contributed by atoms with E-state index in [1.165, 1.54) is 150 Å². The summed E-state index contributed by atoms with van der Waals surface area (Å²) in [6.45, 7) is 9.00. The zero-order valence-electron chi connectivity index (χ0n) is 44.8. The van der Waals surface area contributed by atoms with Gasteiger partial charge in [-0.2, -0.15) is 0 Å². The molecular formula is C76H52N2S2. The molecule has 0 atom stereocenters. The smallest absolute Gasteiger partial charge is 0.0540 e. The lowest BCUT2D eigenvalue weighted by atomic mass is 9.91. The molecule has 0 aliphatic carbocycles. The number of hydrogen-bond donors (Lipinski definition) is 0. The first-order valence-corrected chi connectivity index (χ1v) is 29.3. The first kappa shape index (κ1) is 46.7. The average molecular weight is 1060 g/mol. The van der Waals surface area contributed by atoms with Crippen molar-refractivity contribution in [3.8, 4) is 22.3 Å². The zero-order chi connectivity index (χ0) is 53.3. The molecule has 0 aliphatic rings. The number of benzene rings is 14. The fourth-order valence-corrected chi connectivity index (χ4v) is 15.9. The van der Waals surface area contributed by atoms with Gasteiger partial charge in [0.25, 0.3) is 0 Å². The summed E-state index contributed by atoms with van der Waals surface area (Å²) in [5.41, 5.74) is 16.9. The van der Waals surface area contributed by atoms with E-state index in [0.717, 1.165) is 22.7 Å². The molecule has 0 amide bonds. The van der Waals surface area contributed by atoms with Crippen molar-refractivity contribution >= 4 is 151 Å². The SMILES string of the molecule is Cc1cccc(C)c1N(c1ccc(-c2cc3ccccc3c3c2sc2ccccc23)cc1)c1ccc2ccc3c(N(c4ccc(-c5cc6ccccc6c6c5sc5ccccc56)cc4)c4c(C)cccc4C)ccc4ccc1c2c43. The molecule has 0 saturated carbocycles. The van der Waals surface area contributed by atoms with E-state index in [4.69, 9.17) is 0 Å². The van der Waals surface area contributed by atoms with Crippen LogP contribution in [0.4, 0.5) is 34.1 Å². The van der Waals surface area contributed by atoms with Gasteiger partial charge in [-0.3, -0.25) is 0 Å². The van der Waals surface area contributed by atoms with Gasteiger partial charge < -0.3 is 9.80 Å². The summed E-state index contributed by atoms with van der Waals surface area (Å²) in [6.07, 6.45) is 0. The highest BCUT2D eigenvalue weighted by Gasteiger charge is 2.26. The molecule has 14 aromatic carbocycles. The largest absolute Gasteiger partial charge is 0.309 e. The van der Waals surface area contributed by atoms with Crippen LogP contribution < -0.4 is 9.80 Å². The van der Waals surface area contributed by atoms with Crippen molar-refractivity contribution in [1.29, 1.82) is 0 Å². The van der Waals surface area contributed by atoms with E-state index in [-0.39, 0.29) is 0 Å². The molecule has 2 aromatic heterocycles. The predicted molar refractivity (Wildman–Crippen MR) is 350 cm³/mol. The highest BCUT2D eigenvalue weighted by atomic mass is 32.1. The van der Waals surface area contributed by atoms with Crippen LogP contribution in [0.15, 0.2) is 243 Å². The van der Waals surface area contributed by atoms with E-state index >= 15 is 0 Å². The third-order valence-electron chi connectivity index (χ3n) is 17.0. The molecule has 0 N–H and O–H groups in total. The van der Waals surface area contributed by atoms with Gasteiger partial charge in [0.05, 0.1) is 22.7 Å². The number of rotatable bonds is 8. The van der Waals surface area contributed by atoms with Crippen LogP contribution in [0.1, 0.15) is 22.3 Å². The summed E-state index contributed by atoms with van der Waals surface area (Å²) in [7, 11) is 0. The van der Waals surface area contributed by atoms with E-state index in [2.05, 4.69) is 280 Å². The molecular weight excluding hydrogens is 1000 g/mol. The van der Waals surface area contributed by atoms with Crippen LogP contribution in [0.5, 0.6) is 0 Å². The van der Waals surface area contributed by atoms with Gasteiger partial charge in [-0.25, -0.2) is 0 Å². The van der Waals surface area contributed by atoms with Crippen LogP contribution in [-0.2, 0) is 0 Å². The molecule has 2 heterocycles. The van der Waals surface area contributed by atoms with Gasteiger partial charge in [0.1, 0.15) is 0 Å². The number of hydrogen-bond acceptors (Lipinski definition) is 4. The van der Waals surface area contributed by atoms with Gasteiger partial charge in [-0.15, -0.1) is 22.7 Å². The number of para-hydroxylation sites is 2. The van der Waals surface area contributed by atoms with Crippen molar-refractivity contribution in [2.24, 2.45) is 0 Å². The second-order valence-electron chi connectivity index (χ2n) is 21.7. The van der Waals surface area contributed by atoms with Crippen LogP contribution >= 0.6 is 22.7 Å². The minimum Gasteiger partial charge on any atom is -0.309 e. The third-order valence-corrected chi connectivity index (χ3v) is 19.4. The molecule has 4 heteroatoms. The standard InChI is InChI=1S/C76H52N2S2/c1-45-15-13-16-46(2)73(45)77(55-35-27-49(28-36-55)63-43-53-19-5-7-21-57(53)71-61-23-9-11-25-67(61)79-75(63)71)65-41-33-51-32-40-60-66(42-34-52-31-39-59(65)69(51)70(52)60)78(74-47(3)17-14-18-48(74)4)56-37-29-50(30-38-56)64-44-54-20-6-8-22-58(54)72-62-24-10-12-26-68(62)80-76(64)72/h5-44H,1-4H3. The minimum atomic E-state index is 1.12. The minimum absolute atomic E-state index is 1.12. The van der Waals surface area contributed by atoms with Gasteiger partial charge in [-0.05, 0) is 165 Å². The molecule has 0 spiro atoms. The summed E-state index contributed by atoms with van der Waals surface area (Å²) < 4.78 is 5.30. The molecule has 2 nitrogen and oxygen atoms in total. The highest BCUT2D eigenvalue weighted by Crippen LogP contribution is 2.51. The van der Waals surface area contributed by atoms with Crippen molar-refractivity contribution in [3.63, 3.8) is 0 Å². The first-order chi connectivity index (χ1) is 39.3. The second kappa shape index (κ2) is 18.1. The first-order valence-electron chi connectivity index (χ1n) is 27.6. The third kappa shape index (κ3) is 7.09. The Balaban J connectivity index is 0.863. The van der Waals surface area contributed by atoms with E-state index < -0.39 is 0 Å². The Morgan fingerprint density at radius 3 is 1.05 bits per heavy atom. The number of anilines is 6. The molecule has 80 heavy (non-hydrogen) atoms. The number of aryl methyl sites for hydroxylation is 4. The van der Waals surface area contributed by atoms with Gasteiger partial charge in [0.15, 0.2) is 0 Å². The Bertz CT molecular complexity index is 4810. The highest BCUT2D eigenvalue weighted by molar-refractivity contribution is 7.27. The van der Waals surface area contributed by atoms with E-state index in [0.29, 0.717) is 0 Å². The Morgan fingerprint density at radius 1 is 0.275 bits per heavy atom. The summed E-state index contributed by atoms with van der Waals surface area (Å²) in [5, 5.41) is 17.9. The van der Waals surface area contributed by atoms with Crippen LogP contribution in [0, 0.1) is 27.7 Å². The molecule has 0 aliphatic heterocycles. The lowest BCUT2D eigenvalue weighted by Gasteiger charge is -2.32. The van der Waals surface area contributed by atoms with Crippen molar-refractivity contribution < 1.29 is 0 Å². The van der Waals surface area contributed by atoms with Crippen LogP contribution in [-0.4, -0.2) is 0 Å². The molecule has 0 radical (unpaired) electrons. The molecule has 0 saturated heterocycles. The summed E-state index contributed by atoms with van der Waals surface area (Å²) in [6, 6.07) is 91.1. The number of fused-ring (bicyclic) bond motifs is 10. The summed E-state index contributed by atoms with van der Waals surface area (Å²) in [5.74, 6) is 0. The zero-order valence-corrected chi connectivity index (χ0v) is 46.4. The Hall–Kier alpha value is -9.32. The lowest BCUT2D eigenvalue weighted by Crippen LogP contribution is -2.14. The fourth-order valence-electron chi connectivity index (χ4n) is 13.4. The molecule has 0 unspecified atom stereocenters. The Morgan fingerprint density at radius 2 is 0.637 bits per heavy atom. The van der Waals surface area contributed by atoms with Crippen molar-refractivity contribution in [3.05, 3.63) is 265 Å². The Labute approximate surface area is 472 Å². The van der Waals surface area contributed by atoms with E-state index in [9.17, 15) is 0 Å². The second-order valence-corrected chi connectivity index (χ2v) is 23.8. The summed E-state index contributed by atoms with van der Waals surface area (Å²) >= 11 is 3.80. The van der Waals surface area contributed by atoms with Gasteiger partial charge in [-0.1, -0.05) is 182 Å². The monoisotopic (exact) mass is 1060 g/mol. The number of nitrogens with zero attached hydrogens (tertiary/aromatic N) is 2. The topological polar surface area (TPSA) is 6.48 Å². The van der Waals surface area contributed by atoms with Crippen LogP contribution in [0.2, 0.25) is 0 Å². The predicted octanol–water partition coefficient (Wildman–Crippen LogP) is 23.1. The molecule has 16 rings (SSSR count). The van der Waals surface area contributed by atoms with E-state index in [1.54, 1.807) is 0 Å². The normalized spacial score (nSPS) is 12.0. The maximum absolute atomic E-state index is 2.52. The Kier molecular flexibility index (Phi) is 10.6. The maximum Gasteiger partial charge on any atom is 0.0540 e. The molecule has 0 bridgehead atoms. The van der Waals surface area contributed by atoms with Crippen molar-refractivity contribution in [2.75, 3.05) is 9.80 Å². The van der Waals surface area contributed by atoms with Crippen molar-refractivity contribution in [1.82, 2.24) is 0 Å². The average Bonchev–Trinajstić information content (AvgIpc) is 4.23. The van der Waals surface area contributed by atoms with Gasteiger partial charge in [0.2, 0.25) is 0 Å². The van der Waals surface area contributed by atoms with Gasteiger partial charge >= 0.3 is 0 Å². The summed E-state index contributed by atoms with van der Waals surface area (Å²) in [4.78, 5) is 5.03. The lowest BCUT2D eigenvalue weighted by molar-refractivity contribution is 1.23. The number of thiophene rings is 2. The quantitative estimate of drug-likeness (QED) is 0.140. The van der Waals surface area contributed by atoms with Gasteiger partial charge in [0, 0.05) is 73.6 Å². The molecule has 16 aromatic rings. The van der Waals surface area contributed by atoms with Crippen LogP contribution in [0.25, 0.3) is 116 Å². The molecule has 378 valence electrons. The van der Waals surface area contributed by atoms with Crippen LogP contribution in [0.3, 0.4) is 0 Å². The molecule has 0 fully saturated rings. The maximum atomic E-state index is 2.52. The van der Waals surface area contributed by atoms with E-state index in [1.807, 2.05) is 22.7 Å². The van der Waals surface area contributed by atoms with Crippen molar-refractivity contribution in [2.45, 2.75) is 27.7 Å². The fraction of sp³-hybridized carbons (Fsp3) is 0.0526.